The molecule has 0 saturated heterocycles. The molecule has 50 valence electrons. The van der Waals surface area contributed by atoms with Crippen LogP contribution in [0.3, 0.4) is 0 Å². The van der Waals surface area contributed by atoms with Gasteiger partial charge in [-0.3, -0.25) is 0 Å². The second-order valence-electron chi connectivity index (χ2n) is 1.86. The maximum absolute atomic E-state index is 9.77. The topological polar surface area (TPSA) is 57.5 Å². The van der Waals surface area contributed by atoms with Crippen molar-refractivity contribution in [2.24, 2.45) is 0 Å². The van der Waals surface area contributed by atoms with E-state index in [0.717, 1.165) is 0 Å². The quantitative estimate of drug-likeness (QED) is 0.585. The van der Waals surface area contributed by atoms with E-state index in [4.69, 9.17) is 10.2 Å². The van der Waals surface area contributed by atoms with Gasteiger partial charge < -0.3 is 10.2 Å². The summed E-state index contributed by atoms with van der Waals surface area (Å²) in [7, 11) is 0. The molecule has 2 N–H and O–H groups in total. The smallest absolute Gasteiger partial charge is 0.335 e. The first-order chi connectivity index (χ1) is 2.94. The zero-order valence-electron chi connectivity index (χ0n) is 4.66. The molecular formula is C4H8O3Ru. The van der Waals surface area contributed by atoms with Crippen LogP contribution in [0, 0.1) is 0 Å². The fourth-order valence-electron chi connectivity index (χ4n) is 0. The van der Waals surface area contributed by atoms with Crippen LogP contribution in [-0.4, -0.2) is 21.8 Å². The van der Waals surface area contributed by atoms with Gasteiger partial charge >= 0.3 is 5.97 Å². The van der Waals surface area contributed by atoms with Crippen LogP contribution in [0.4, 0.5) is 0 Å². The average molecular weight is 205 g/mol. The summed E-state index contributed by atoms with van der Waals surface area (Å²) < 4.78 is 0. The Bertz CT molecular complexity index is 83.8. The molecule has 0 unspecified atom stereocenters. The van der Waals surface area contributed by atoms with E-state index in [1.165, 1.54) is 13.8 Å². The third kappa shape index (κ3) is 4.22. The maximum atomic E-state index is 9.77. The Balaban J connectivity index is 0. The number of aliphatic carboxylic acids is 1. The molecule has 0 fully saturated rings. The minimum atomic E-state index is -1.58. The Labute approximate surface area is 60.5 Å². The first kappa shape index (κ1) is 10.9. The number of carbonyl (C=O) groups is 1. The monoisotopic (exact) mass is 206 g/mol. The van der Waals surface area contributed by atoms with Crippen molar-refractivity contribution in [3.63, 3.8) is 0 Å². The van der Waals surface area contributed by atoms with Crippen molar-refractivity contribution >= 4 is 5.97 Å². The van der Waals surface area contributed by atoms with E-state index in [1.54, 1.807) is 0 Å². The SMILES string of the molecule is CC(C)(O)C(=O)O.[Ru]. The van der Waals surface area contributed by atoms with Gasteiger partial charge in [-0.25, -0.2) is 4.79 Å². The van der Waals surface area contributed by atoms with Gasteiger partial charge in [0.1, 0.15) is 0 Å². The molecular weight excluding hydrogens is 197 g/mol. The van der Waals surface area contributed by atoms with Gasteiger partial charge in [-0.2, -0.15) is 0 Å². The summed E-state index contributed by atoms with van der Waals surface area (Å²) in [6.45, 7) is 2.44. The van der Waals surface area contributed by atoms with E-state index < -0.39 is 11.6 Å². The largest absolute Gasteiger partial charge is 0.479 e. The number of hydrogen-bond acceptors (Lipinski definition) is 2. The van der Waals surface area contributed by atoms with Gasteiger partial charge in [-0.05, 0) is 13.8 Å². The van der Waals surface area contributed by atoms with Crippen LogP contribution >= 0.6 is 0 Å². The fraction of sp³-hybridized carbons (Fsp3) is 0.750. The molecule has 0 amide bonds. The third-order valence-corrected chi connectivity index (χ3v) is 0.523. The van der Waals surface area contributed by atoms with E-state index in [2.05, 4.69) is 0 Å². The Kier molecular flexibility index (Phi) is 4.31. The molecule has 0 bridgehead atoms. The standard InChI is InChI=1S/C4H8O3.Ru/c1-4(2,7)3(5)6;/h7H,1-2H3,(H,5,6);. The molecule has 0 aromatic heterocycles. The zero-order chi connectivity index (χ0) is 6.08. The van der Waals surface area contributed by atoms with Gasteiger partial charge in [0.25, 0.3) is 0 Å². The summed E-state index contributed by atoms with van der Waals surface area (Å²) in [5.41, 5.74) is -1.58. The first-order valence-electron chi connectivity index (χ1n) is 1.90. The first-order valence-corrected chi connectivity index (χ1v) is 1.90. The summed E-state index contributed by atoms with van der Waals surface area (Å²) in [6.07, 6.45) is 0. The van der Waals surface area contributed by atoms with Crippen LogP contribution in [0.25, 0.3) is 0 Å². The van der Waals surface area contributed by atoms with Gasteiger partial charge in [0.15, 0.2) is 5.60 Å². The normalized spacial score (nSPS) is 9.88. The molecule has 8 heavy (non-hydrogen) atoms. The van der Waals surface area contributed by atoms with Crippen LogP contribution in [-0.2, 0) is 24.3 Å². The van der Waals surface area contributed by atoms with Crippen LogP contribution in [0.1, 0.15) is 13.8 Å². The minimum Gasteiger partial charge on any atom is -0.479 e. The molecule has 0 atom stereocenters. The molecule has 0 aliphatic rings. The number of rotatable bonds is 1. The van der Waals surface area contributed by atoms with Crippen molar-refractivity contribution < 1.29 is 34.5 Å². The van der Waals surface area contributed by atoms with Gasteiger partial charge in [-0.15, -0.1) is 0 Å². The predicted octanol–water partition coefficient (Wildman–Crippen LogP) is -0.161. The molecule has 0 rings (SSSR count). The van der Waals surface area contributed by atoms with Crippen molar-refractivity contribution in [2.45, 2.75) is 19.4 Å². The maximum Gasteiger partial charge on any atom is 0.335 e. The van der Waals surface area contributed by atoms with Crippen LogP contribution in [0.2, 0.25) is 0 Å². The zero-order valence-corrected chi connectivity index (χ0v) is 6.39. The summed E-state index contributed by atoms with van der Waals surface area (Å²) in [4.78, 5) is 9.77. The Morgan fingerprint density at radius 1 is 1.50 bits per heavy atom. The Morgan fingerprint density at radius 2 is 1.62 bits per heavy atom. The van der Waals surface area contributed by atoms with Crippen molar-refractivity contribution in [1.29, 1.82) is 0 Å². The summed E-state index contributed by atoms with van der Waals surface area (Å²) in [5, 5.41) is 16.5. The second kappa shape index (κ2) is 3.15. The van der Waals surface area contributed by atoms with Gasteiger partial charge in [0.05, 0.1) is 0 Å². The van der Waals surface area contributed by atoms with Crippen molar-refractivity contribution in [3.05, 3.63) is 0 Å². The van der Waals surface area contributed by atoms with E-state index in [1.807, 2.05) is 0 Å². The molecule has 0 aromatic carbocycles. The van der Waals surface area contributed by atoms with E-state index in [0.29, 0.717) is 0 Å². The van der Waals surface area contributed by atoms with Crippen LogP contribution in [0.15, 0.2) is 0 Å². The molecule has 0 saturated carbocycles. The summed E-state index contributed by atoms with van der Waals surface area (Å²) in [5.74, 6) is -1.20. The van der Waals surface area contributed by atoms with Crippen LogP contribution < -0.4 is 0 Å². The number of hydrogen-bond donors (Lipinski definition) is 2. The van der Waals surface area contributed by atoms with Gasteiger partial charge in [-0.1, -0.05) is 0 Å². The van der Waals surface area contributed by atoms with Crippen molar-refractivity contribution in [2.75, 3.05) is 0 Å². The van der Waals surface area contributed by atoms with E-state index >= 15 is 0 Å². The van der Waals surface area contributed by atoms with Crippen molar-refractivity contribution in [3.8, 4) is 0 Å². The molecule has 0 aliphatic heterocycles. The number of carboxylic acids is 1. The molecule has 0 heterocycles. The summed E-state index contributed by atoms with van der Waals surface area (Å²) >= 11 is 0. The van der Waals surface area contributed by atoms with E-state index in [-0.39, 0.29) is 19.5 Å². The average Bonchev–Trinajstić information content (AvgIpc) is 1.31. The van der Waals surface area contributed by atoms with Gasteiger partial charge in [0.2, 0.25) is 0 Å². The summed E-state index contributed by atoms with van der Waals surface area (Å²) in [6, 6.07) is 0. The Hall–Kier alpha value is 0.0534. The molecule has 0 radical (unpaired) electrons. The van der Waals surface area contributed by atoms with Crippen LogP contribution in [0.5, 0.6) is 0 Å². The van der Waals surface area contributed by atoms with Gasteiger partial charge in [0, 0.05) is 19.5 Å². The molecule has 4 heteroatoms. The second-order valence-corrected chi connectivity index (χ2v) is 1.86. The fourth-order valence-corrected chi connectivity index (χ4v) is 0. The Morgan fingerprint density at radius 3 is 1.62 bits per heavy atom. The number of carboxylic acid groups (broad SMARTS) is 1. The molecule has 0 aliphatic carbocycles. The third-order valence-electron chi connectivity index (χ3n) is 0.523. The van der Waals surface area contributed by atoms with Crippen molar-refractivity contribution in [1.82, 2.24) is 0 Å². The minimum absolute atomic E-state index is 0. The predicted molar refractivity (Wildman–Crippen MR) is 23.9 cm³/mol. The molecule has 0 aromatic rings. The number of aliphatic hydroxyl groups is 1. The molecule has 3 nitrogen and oxygen atoms in total. The van der Waals surface area contributed by atoms with E-state index in [9.17, 15) is 4.79 Å². The molecule has 0 spiro atoms.